The Balaban J connectivity index is 1.87. The Hall–Kier alpha value is -3.15. The van der Waals surface area contributed by atoms with Gasteiger partial charge >= 0.3 is 0 Å². The summed E-state index contributed by atoms with van der Waals surface area (Å²) in [4.78, 5) is 38.4. The van der Waals surface area contributed by atoms with Gasteiger partial charge in [0.15, 0.2) is 6.10 Å². The second kappa shape index (κ2) is 9.61. The molecule has 2 aromatic rings. The maximum Gasteiger partial charge on any atom is 0.280 e. The zero-order valence-electron chi connectivity index (χ0n) is 21.3. The van der Waals surface area contributed by atoms with Crippen molar-refractivity contribution in [2.45, 2.75) is 84.7 Å². The molecule has 0 spiro atoms. The molecule has 1 heterocycles. The molecule has 0 bridgehead atoms. The lowest BCUT2D eigenvalue weighted by molar-refractivity contribution is -0.131. The van der Waals surface area contributed by atoms with E-state index in [-0.39, 0.29) is 22.0 Å². The fourth-order valence-corrected chi connectivity index (χ4v) is 3.93. The minimum absolute atomic E-state index is 0.0180. The summed E-state index contributed by atoms with van der Waals surface area (Å²) in [6.45, 7) is 14.9. The molecule has 6 heteroatoms. The largest absolute Gasteiger partial charge is 0.480 e. The number of hydrogen-bond acceptors (Lipinski definition) is 4. The number of carbonyl (C=O) groups excluding carboxylic acids is 3. The molecule has 1 atom stereocenters. The molecular formula is C28H36N2O4. The van der Waals surface area contributed by atoms with Gasteiger partial charge in [-0.1, -0.05) is 72.7 Å². The summed E-state index contributed by atoms with van der Waals surface area (Å²) in [6.07, 6.45) is 1.42. The van der Waals surface area contributed by atoms with Crippen LogP contribution in [0.1, 0.15) is 99.6 Å². The number of hydrazine groups is 1. The second-order valence-corrected chi connectivity index (χ2v) is 10.2. The molecule has 0 aliphatic carbocycles. The van der Waals surface area contributed by atoms with Crippen LogP contribution >= 0.6 is 0 Å². The molecule has 0 saturated heterocycles. The Morgan fingerprint density at radius 3 is 1.97 bits per heavy atom. The van der Waals surface area contributed by atoms with Gasteiger partial charge in [0.2, 0.25) is 0 Å². The van der Waals surface area contributed by atoms with E-state index in [1.807, 2.05) is 13.0 Å². The van der Waals surface area contributed by atoms with Crippen LogP contribution in [0.4, 0.5) is 0 Å². The van der Waals surface area contributed by atoms with E-state index >= 15 is 0 Å². The molecule has 6 nitrogen and oxygen atoms in total. The van der Waals surface area contributed by atoms with Gasteiger partial charge < -0.3 is 4.74 Å². The van der Waals surface area contributed by atoms with Crippen molar-refractivity contribution in [3.05, 3.63) is 64.7 Å². The van der Waals surface area contributed by atoms with Gasteiger partial charge in [-0.15, -0.1) is 0 Å². The quantitative estimate of drug-likeness (QED) is 0.494. The van der Waals surface area contributed by atoms with E-state index in [0.29, 0.717) is 12.2 Å². The van der Waals surface area contributed by atoms with Crippen LogP contribution in [0.5, 0.6) is 5.75 Å². The first-order valence-corrected chi connectivity index (χ1v) is 12.1. The van der Waals surface area contributed by atoms with Crippen LogP contribution < -0.4 is 10.2 Å². The number of imide groups is 1. The van der Waals surface area contributed by atoms with Crippen molar-refractivity contribution in [2.24, 2.45) is 0 Å². The Morgan fingerprint density at radius 1 is 0.912 bits per heavy atom. The SMILES string of the molecule is CCC(Oc1ccc(C(C)(C)CC)cc1C(C)(C)CC)C(=O)NN1C(=O)c2ccccc2C1=O. The molecular weight excluding hydrogens is 428 g/mol. The van der Waals surface area contributed by atoms with Crippen molar-refractivity contribution >= 4 is 17.7 Å². The summed E-state index contributed by atoms with van der Waals surface area (Å²) in [5.74, 6) is -0.965. The lowest BCUT2D eigenvalue weighted by Gasteiger charge is -2.31. The Kier molecular flexibility index (Phi) is 7.20. The summed E-state index contributed by atoms with van der Waals surface area (Å²) < 4.78 is 6.24. The van der Waals surface area contributed by atoms with Crippen LogP contribution in [-0.2, 0) is 15.6 Å². The molecule has 1 N–H and O–H groups in total. The number of amides is 3. The molecule has 0 radical (unpaired) electrons. The van der Waals surface area contributed by atoms with Gasteiger partial charge in [-0.25, -0.2) is 0 Å². The van der Waals surface area contributed by atoms with E-state index in [4.69, 9.17) is 4.74 Å². The van der Waals surface area contributed by atoms with Crippen LogP contribution in [0.25, 0.3) is 0 Å². The summed E-state index contributed by atoms with van der Waals surface area (Å²) >= 11 is 0. The monoisotopic (exact) mass is 464 g/mol. The lowest BCUT2D eigenvalue weighted by atomic mass is 9.76. The number of nitrogens with one attached hydrogen (secondary N) is 1. The van der Waals surface area contributed by atoms with E-state index in [2.05, 4.69) is 59.1 Å². The van der Waals surface area contributed by atoms with Gasteiger partial charge in [0.25, 0.3) is 17.7 Å². The molecule has 34 heavy (non-hydrogen) atoms. The van der Waals surface area contributed by atoms with Crippen LogP contribution in [0, 0.1) is 0 Å². The molecule has 0 aromatic heterocycles. The first-order chi connectivity index (χ1) is 16.0. The highest BCUT2D eigenvalue weighted by molar-refractivity contribution is 6.21. The second-order valence-electron chi connectivity index (χ2n) is 10.2. The van der Waals surface area contributed by atoms with E-state index < -0.39 is 23.8 Å². The van der Waals surface area contributed by atoms with Crippen molar-refractivity contribution in [2.75, 3.05) is 0 Å². The van der Waals surface area contributed by atoms with Gasteiger partial charge in [-0.3, -0.25) is 19.8 Å². The summed E-state index contributed by atoms with van der Waals surface area (Å²) in [6, 6.07) is 12.7. The highest BCUT2D eigenvalue weighted by Crippen LogP contribution is 2.39. The maximum absolute atomic E-state index is 13.1. The minimum Gasteiger partial charge on any atom is -0.480 e. The third kappa shape index (κ3) is 4.72. The number of fused-ring (bicyclic) bond motifs is 1. The van der Waals surface area contributed by atoms with E-state index in [9.17, 15) is 14.4 Å². The summed E-state index contributed by atoms with van der Waals surface area (Å²) in [5, 5.41) is 0.781. The smallest absolute Gasteiger partial charge is 0.280 e. The third-order valence-corrected chi connectivity index (χ3v) is 7.21. The van der Waals surface area contributed by atoms with Gasteiger partial charge in [-0.2, -0.15) is 5.01 Å². The molecule has 1 aliphatic heterocycles. The first kappa shape index (κ1) is 25.5. The van der Waals surface area contributed by atoms with Crippen LogP contribution in [0.2, 0.25) is 0 Å². The van der Waals surface area contributed by atoms with Crippen molar-refractivity contribution in [3.63, 3.8) is 0 Å². The van der Waals surface area contributed by atoms with Gasteiger partial charge in [-0.05, 0) is 53.9 Å². The Bertz CT molecular complexity index is 1070. The minimum atomic E-state index is -0.860. The number of carbonyl (C=O) groups is 3. The number of ether oxygens (including phenoxy) is 1. The summed E-state index contributed by atoms with van der Waals surface area (Å²) in [5.41, 5.74) is 5.17. The molecule has 1 aliphatic rings. The van der Waals surface area contributed by atoms with Gasteiger partial charge in [0.1, 0.15) is 5.75 Å². The zero-order chi connectivity index (χ0) is 25.3. The number of benzene rings is 2. The van der Waals surface area contributed by atoms with Gasteiger partial charge in [0, 0.05) is 5.56 Å². The highest BCUT2D eigenvalue weighted by atomic mass is 16.5. The van der Waals surface area contributed by atoms with Gasteiger partial charge in [0.05, 0.1) is 11.1 Å². The molecule has 0 saturated carbocycles. The predicted octanol–water partition coefficient (Wildman–Crippen LogP) is 5.55. The molecule has 3 rings (SSSR count). The molecule has 3 amide bonds. The third-order valence-electron chi connectivity index (χ3n) is 7.21. The normalized spacial score (nSPS) is 14.7. The topological polar surface area (TPSA) is 75.7 Å². The standard InChI is InChI=1S/C28H36N2O4/c1-8-22(24(31)29-30-25(32)19-13-11-12-14-20(19)26(30)33)34-23-16-15-18(27(4,5)9-2)17-21(23)28(6,7)10-3/h11-17,22H,8-10H2,1-7H3,(H,29,31). The number of rotatable bonds is 9. The molecule has 2 aromatic carbocycles. The zero-order valence-corrected chi connectivity index (χ0v) is 21.3. The lowest BCUT2D eigenvalue weighted by Crippen LogP contribution is -2.50. The Labute approximate surface area is 202 Å². The first-order valence-electron chi connectivity index (χ1n) is 12.1. The Morgan fingerprint density at radius 2 is 1.47 bits per heavy atom. The van der Waals surface area contributed by atoms with Crippen LogP contribution in [0.15, 0.2) is 42.5 Å². The van der Waals surface area contributed by atoms with E-state index in [1.165, 1.54) is 5.56 Å². The van der Waals surface area contributed by atoms with E-state index in [0.717, 1.165) is 23.4 Å². The molecule has 182 valence electrons. The fraction of sp³-hybridized carbons (Fsp3) is 0.464. The van der Waals surface area contributed by atoms with Crippen LogP contribution in [0.3, 0.4) is 0 Å². The van der Waals surface area contributed by atoms with E-state index in [1.54, 1.807) is 24.3 Å². The maximum atomic E-state index is 13.1. The highest BCUT2D eigenvalue weighted by Gasteiger charge is 2.38. The number of hydrogen-bond donors (Lipinski definition) is 1. The van der Waals surface area contributed by atoms with Crippen molar-refractivity contribution < 1.29 is 19.1 Å². The van der Waals surface area contributed by atoms with Crippen molar-refractivity contribution in [1.29, 1.82) is 0 Å². The fourth-order valence-electron chi connectivity index (χ4n) is 3.93. The molecule has 1 unspecified atom stereocenters. The van der Waals surface area contributed by atoms with Crippen molar-refractivity contribution in [3.8, 4) is 5.75 Å². The van der Waals surface area contributed by atoms with Crippen molar-refractivity contribution in [1.82, 2.24) is 10.4 Å². The number of nitrogens with zero attached hydrogens (tertiary/aromatic N) is 1. The summed E-state index contributed by atoms with van der Waals surface area (Å²) in [7, 11) is 0. The predicted molar refractivity (Wildman–Crippen MR) is 133 cm³/mol. The molecule has 0 fully saturated rings. The average molecular weight is 465 g/mol. The average Bonchev–Trinajstić information content (AvgIpc) is 3.07. The van der Waals surface area contributed by atoms with Crippen LogP contribution in [-0.4, -0.2) is 28.8 Å².